The van der Waals surface area contributed by atoms with Crippen LogP contribution < -0.4 is 0 Å². The summed E-state index contributed by atoms with van der Waals surface area (Å²) in [5, 5.41) is 22.2. The molecule has 2 aromatic rings. The molecule has 0 aromatic heterocycles. The van der Waals surface area contributed by atoms with E-state index in [1.165, 1.54) is 24.3 Å². The summed E-state index contributed by atoms with van der Waals surface area (Å²) in [7, 11) is 3.21. The minimum Gasteiger partial charge on any atom is -0.507 e. The van der Waals surface area contributed by atoms with E-state index in [1.807, 2.05) is 0 Å². The lowest BCUT2D eigenvalue weighted by molar-refractivity contribution is -0.384. The van der Waals surface area contributed by atoms with E-state index in [-0.39, 0.29) is 34.5 Å². The predicted octanol–water partition coefficient (Wildman–Crippen LogP) is 2.86. The zero-order valence-corrected chi connectivity index (χ0v) is 19.6. The van der Waals surface area contributed by atoms with Gasteiger partial charge >= 0.3 is 11.9 Å². The number of piperazine rings is 1. The number of nitrogens with zero attached hydrogens (tertiary/aromatic N) is 3. The largest absolute Gasteiger partial charge is 0.507 e. The van der Waals surface area contributed by atoms with Crippen molar-refractivity contribution in [3.63, 3.8) is 0 Å². The Morgan fingerprint density at radius 2 is 1.79 bits per heavy atom. The van der Waals surface area contributed by atoms with E-state index in [2.05, 4.69) is 16.8 Å². The van der Waals surface area contributed by atoms with Gasteiger partial charge in [-0.1, -0.05) is 12.1 Å². The Morgan fingerprint density at radius 1 is 1.12 bits per heavy atom. The first-order valence-electron chi connectivity index (χ1n) is 11.0. The molecule has 34 heavy (non-hydrogen) atoms. The van der Waals surface area contributed by atoms with Crippen LogP contribution in [0.25, 0.3) is 11.1 Å². The Morgan fingerprint density at radius 3 is 2.44 bits per heavy atom. The number of para-hydroxylation sites is 1. The van der Waals surface area contributed by atoms with Crippen molar-refractivity contribution in [1.82, 2.24) is 9.80 Å². The summed E-state index contributed by atoms with van der Waals surface area (Å²) < 4.78 is 10.3. The van der Waals surface area contributed by atoms with Crippen LogP contribution in [-0.2, 0) is 9.47 Å². The third-order valence-electron chi connectivity index (χ3n) is 5.92. The highest BCUT2D eigenvalue weighted by Gasteiger charge is 2.31. The average molecular weight is 472 g/mol. The van der Waals surface area contributed by atoms with Crippen molar-refractivity contribution in [2.75, 3.05) is 53.5 Å². The fourth-order valence-corrected chi connectivity index (χ4v) is 4.08. The maximum atomic E-state index is 13.2. The number of methoxy groups -OCH3 is 1. The number of likely N-dealkylation sites (N-methyl/N-ethyl adjacent to an activating group) is 1. The molecule has 10 heteroatoms. The number of rotatable bonds is 8. The first kappa shape index (κ1) is 25.1. The molecule has 10 nitrogen and oxygen atoms in total. The van der Waals surface area contributed by atoms with Crippen molar-refractivity contribution in [1.29, 1.82) is 0 Å². The second-order valence-corrected chi connectivity index (χ2v) is 8.24. The lowest BCUT2D eigenvalue weighted by atomic mass is 9.89. The van der Waals surface area contributed by atoms with Crippen LogP contribution in [0, 0.1) is 17.0 Å². The summed E-state index contributed by atoms with van der Waals surface area (Å²) in [5.41, 5.74) is -0.417. The van der Waals surface area contributed by atoms with E-state index in [0.717, 1.165) is 39.8 Å². The molecule has 0 saturated carbocycles. The van der Waals surface area contributed by atoms with Crippen molar-refractivity contribution < 1.29 is 29.1 Å². The highest BCUT2D eigenvalue weighted by molar-refractivity contribution is 6.09. The van der Waals surface area contributed by atoms with E-state index < -0.39 is 22.6 Å². The zero-order valence-electron chi connectivity index (χ0n) is 19.6. The Bertz CT molecular complexity index is 1080. The molecule has 1 aliphatic rings. The second-order valence-electron chi connectivity index (χ2n) is 8.24. The molecule has 0 amide bonds. The lowest BCUT2D eigenvalue weighted by Gasteiger charge is -2.32. The summed E-state index contributed by atoms with van der Waals surface area (Å²) >= 11 is 0. The van der Waals surface area contributed by atoms with Crippen molar-refractivity contribution in [2.24, 2.45) is 0 Å². The number of nitro groups is 1. The predicted molar refractivity (Wildman–Crippen MR) is 125 cm³/mol. The number of ether oxygens (including phenoxy) is 2. The summed E-state index contributed by atoms with van der Waals surface area (Å²) in [4.78, 5) is 41.3. The number of benzene rings is 2. The smallest absolute Gasteiger partial charge is 0.342 e. The molecule has 1 heterocycles. The fraction of sp³-hybridized carbons (Fsp3) is 0.417. The molecule has 0 bridgehead atoms. The molecule has 0 spiro atoms. The second kappa shape index (κ2) is 11.1. The van der Waals surface area contributed by atoms with E-state index in [1.54, 1.807) is 13.0 Å². The molecule has 1 N–H and O–H groups in total. The summed E-state index contributed by atoms with van der Waals surface area (Å²) in [6, 6.07) is 6.97. The maximum absolute atomic E-state index is 13.2. The molecular formula is C24H29N3O7. The van der Waals surface area contributed by atoms with E-state index in [0.29, 0.717) is 12.0 Å². The first-order valence-corrected chi connectivity index (χ1v) is 11.0. The van der Waals surface area contributed by atoms with Gasteiger partial charge in [-0.2, -0.15) is 0 Å². The Labute approximate surface area is 197 Å². The van der Waals surface area contributed by atoms with Gasteiger partial charge in [0.25, 0.3) is 5.69 Å². The molecule has 2 aromatic carbocycles. The van der Waals surface area contributed by atoms with E-state index in [9.17, 15) is 24.8 Å². The normalized spacial score (nSPS) is 14.6. The van der Waals surface area contributed by atoms with Gasteiger partial charge in [0.05, 0.1) is 29.8 Å². The SMILES string of the molecule is COC(=O)c1c(O)cc(C)c(C(=O)OCCCN2CCN(C)CC2)c1-c1ccccc1[N+](=O)[O-]. The molecule has 1 aliphatic heterocycles. The number of carbonyl (C=O) groups excluding carboxylic acids is 2. The van der Waals surface area contributed by atoms with Gasteiger partial charge in [-0.15, -0.1) is 0 Å². The average Bonchev–Trinajstić information content (AvgIpc) is 2.81. The van der Waals surface area contributed by atoms with Crippen molar-refractivity contribution in [3.05, 3.63) is 57.1 Å². The van der Waals surface area contributed by atoms with Gasteiger partial charge in [-0.05, 0) is 38.1 Å². The van der Waals surface area contributed by atoms with Crippen molar-refractivity contribution in [2.45, 2.75) is 13.3 Å². The number of phenolic OH excluding ortho intramolecular Hbond substituents is 1. The third-order valence-corrected chi connectivity index (χ3v) is 5.92. The Hall–Kier alpha value is -3.50. The number of aromatic hydroxyl groups is 1. The minimum absolute atomic E-state index is 0.0105. The van der Waals surface area contributed by atoms with Gasteiger partial charge in [0.2, 0.25) is 0 Å². The molecular weight excluding hydrogens is 442 g/mol. The van der Waals surface area contributed by atoms with Crippen LogP contribution in [0.1, 0.15) is 32.7 Å². The third kappa shape index (κ3) is 5.52. The fourth-order valence-electron chi connectivity index (χ4n) is 4.08. The highest BCUT2D eigenvalue weighted by atomic mass is 16.6. The van der Waals surface area contributed by atoms with Crippen LogP contribution >= 0.6 is 0 Å². The highest BCUT2D eigenvalue weighted by Crippen LogP contribution is 2.40. The number of phenols is 1. The number of carbonyl (C=O) groups is 2. The Balaban J connectivity index is 1.93. The molecule has 0 radical (unpaired) electrons. The topological polar surface area (TPSA) is 122 Å². The number of hydrogen-bond acceptors (Lipinski definition) is 9. The first-order chi connectivity index (χ1) is 16.2. The summed E-state index contributed by atoms with van der Waals surface area (Å²) in [6.07, 6.45) is 0.622. The summed E-state index contributed by atoms with van der Waals surface area (Å²) in [5.74, 6) is -2.09. The van der Waals surface area contributed by atoms with Crippen LogP contribution in [-0.4, -0.2) is 85.3 Å². The molecule has 1 saturated heterocycles. The number of esters is 2. The van der Waals surface area contributed by atoms with Crippen molar-refractivity contribution >= 4 is 17.6 Å². The van der Waals surface area contributed by atoms with Crippen molar-refractivity contribution in [3.8, 4) is 16.9 Å². The summed E-state index contributed by atoms with van der Waals surface area (Å²) in [6.45, 7) is 6.37. The van der Waals surface area contributed by atoms with Gasteiger partial charge in [-0.25, -0.2) is 9.59 Å². The van der Waals surface area contributed by atoms with Gasteiger partial charge in [-0.3, -0.25) is 10.1 Å². The standard InChI is InChI=1S/C24H29N3O7/c1-16-15-19(28)22(23(29)33-3)21(17-7-4-5-8-18(17)27(31)32)20(16)24(30)34-14-6-9-26-12-10-25(2)11-13-26/h4-5,7-8,15,28H,6,9-14H2,1-3H3. The molecule has 1 fully saturated rings. The van der Waals surface area contributed by atoms with Crippen LogP contribution in [0.4, 0.5) is 5.69 Å². The number of hydrogen-bond donors (Lipinski definition) is 1. The molecule has 182 valence electrons. The van der Waals surface area contributed by atoms with Crippen LogP contribution in [0.15, 0.2) is 30.3 Å². The number of aryl methyl sites for hydroxylation is 1. The van der Waals surface area contributed by atoms with Crippen LogP contribution in [0.2, 0.25) is 0 Å². The molecule has 0 aliphatic carbocycles. The number of nitro benzene ring substituents is 1. The Kier molecular flexibility index (Phi) is 8.19. The van der Waals surface area contributed by atoms with Gasteiger partial charge in [0.15, 0.2) is 0 Å². The van der Waals surface area contributed by atoms with Gasteiger partial charge in [0.1, 0.15) is 11.3 Å². The van der Waals surface area contributed by atoms with E-state index >= 15 is 0 Å². The molecule has 0 atom stereocenters. The van der Waals surface area contributed by atoms with E-state index in [4.69, 9.17) is 9.47 Å². The van der Waals surface area contributed by atoms with Gasteiger partial charge < -0.3 is 24.4 Å². The maximum Gasteiger partial charge on any atom is 0.342 e. The quantitative estimate of drug-likeness (QED) is 0.268. The lowest BCUT2D eigenvalue weighted by Crippen LogP contribution is -2.44. The minimum atomic E-state index is -0.922. The van der Waals surface area contributed by atoms with Crippen LogP contribution in [0.3, 0.4) is 0 Å². The van der Waals surface area contributed by atoms with Crippen LogP contribution in [0.5, 0.6) is 5.75 Å². The van der Waals surface area contributed by atoms with Gasteiger partial charge in [0, 0.05) is 44.4 Å². The molecule has 0 unspecified atom stereocenters. The monoisotopic (exact) mass is 471 g/mol. The molecule has 3 rings (SSSR count). The zero-order chi connectivity index (χ0) is 24.8.